The molecule has 0 bridgehead atoms. The summed E-state index contributed by atoms with van der Waals surface area (Å²) in [4.78, 5) is 12.3. The molecule has 0 unspecified atom stereocenters. The Morgan fingerprint density at radius 2 is 2.04 bits per heavy atom. The summed E-state index contributed by atoms with van der Waals surface area (Å²) in [6, 6.07) is 10.5. The minimum Gasteiger partial charge on any atom is -0.351 e. The molecule has 0 saturated heterocycles. The van der Waals surface area contributed by atoms with Gasteiger partial charge in [0, 0.05) is 12.2 Å². The topological polar surface area (TPSA) is 46.9 Å². The third-order valence-electron chi connectivity index (χ3n) is 4.52. The molecule has 0 saturated carbocycles. The van der Waals surface area contributed by atoms with Gasteiger partial charge in [-0.2, -0.15) is 5.10 Å². The molecule has 4 heteroatoms. The van der Waals surface area contributed by atoms with Crippen molar-refractivity contribution >= 4 is 5.91 Å². The van der Waals surface area contributed by atoms with Gasteiger partial charge in [0.2, 0.25) is 5.91 Å². The second-order valence-corrected chi connectivity index (χ2v) is 6.37. The third-order valence-corrected chi connectivity index (χ3v) is 4.52. The smallest absolute Gasteiger partial charge is 0.241 e. The molecule has 2 aromatic rings. The van der Waals surface area contributed by atoms with Crippen LogP contribution < -0.4 is 5.32 Å². The molecule has 1 atom stereocenters. The van der Waals surface area contributed by atoms with Crippen LogP contribution in [0.15, 0.2) is 36.5 Å². The van der Waals surface area contributed by atoms with Crippen LogP contribution in [0.5, 0.6) is 0 Å². The van der Waals surface area contributed by atoms with Crippen molar-refractivity contribution in [3.05, 3.63) is 53.3 Å². The summed E-state index contributed by atoms with van der Waals surface area (Å²) in [5.41, 5.74) is 3.76. The van der Waals surface area contributed by atoms with E-state index in [1.54, 1.807) is 4.68 Å². The van der Waals surface area contributed by atoms with Crippen molar-refractivity contribution in [3.8, 4) is 0 Å². The van der Waals surface area contributed by atoms with Crippen LogP contribution in [0.25, 0.3) is 0 Å². The van der Waals surface area contributed by atoms with E-state index in [0.29, 0.717) is 6.54 Å². The van der Waals surface area contributed by atoms with Crippen molar-refractivity contribution in [2.75, 3.05) is 0 Å². The number of nitrogens with zero attached hydrogens (tertiary/aromatic N) is 2. The van der Waals surface area contributed by atoms with Gasteiger partial charge in [0.25, 0.3) is 0 Å². The van der Waals surface area contributed by atoms with Gasteiger partial charge in [-0.25, -0.2) is 0 Å². The van der Waals surface area contributed by atoms with Crippen molar-refractivity contribution in [2.45, 2.75) is 58.0 Å². The maximum absolute atomic E-state index is 12.3. The molecule has 0 fully saturated rings. The number of hydrogen-bond acceptors (Lipinski definition) is 2. The zero-order valence-corrected chi connectivity index (χ0v) is 13.8. The largest absolute Gasteiger partial charge is 0.351 e. The number of amides is 1. The molecule has 23 heavy (non-hydrogen) atoms. The molecule has 1 amide bonds. The summed E-state index contributed by atoms with van der Waals surface area (Å²) in [6.45, 7) is 2.43. The first-order chi connectivity index (χ1) is 11.2. The van der Waals surface area contributed by atoms with Crippen molar-refractivity contribution in [2.24, 2.45) is 0 Å². The molecule has 1 aromatic heterocycles. The number of nitrogens with one attached hydrogen (secondary N) is 1. The SMILES string of the molecule is CC[C@@H](Cc1ccccc1)NC(=O)Cn1cc2c(n1)CCCC2. The average molecular weight is 311 g/mol. The minimum absolute atomic E-state index is 0.0487. The second kappa shape index (κ2) is 7.44. The van der Waals surface area contributed by atoms with E-state index in [-0.39, 0.29) is 11.9 Å². The molecule has 1 aromatic carbocycles. The van der Waals surface area contributed by atoms with Gasteiger partial charge < -0.3 is 5.32 Å². The summed E-state index contributed by atoms with van der Waals surface area (Å²) in [5.74, 6) is 0.0487. The van der Waals surface area contributed by atoms with E-state index in [9.17, 15) is 4.79 Å². The minimum atomic E-state index is 0.0487. The van der Waals surface area contributed by atoms with Crippen LogP contribution in [-0.2, 0) is 30.6 Å². The number of carbonyl (C=O) groups excluding carboxylic acids is 1. The van der Waals surface area contributed by atoms with Gasteiger partial charge in [0.15, 0.2) is 0 Å². The Kier molecular flexibility index (Phi) is 5.11. The number of carbonyl (C=O) groups is 1. The molecule has 0 radical (unpaired) electrons. The Labute approximate surface area is 137 Å². The lowest BCUT2D eigenvalue weighted by Gasteiger charge is -2.17. The predicted molar refractivity (Wildman–Crippen MR) is 91.2 cm³/mol. The summed E-state index contributed by atoms with van der Waals surface area (Å²) >= 11 is 0. The quantitative estimate of drug-likeness (QED) is 0.891. The maximum atomic E-state index is 12.3. The van der Waals surface area contributed by atoms with Crippen LogP contribution in [0.4, 0.5) is 0 Å². The summed E-state index contributed by atoms with van der Waals surface area (Å²) in [6.07, 6.45) is 8.45. The molecular weight excluding hydrogens is 286 g/mol. The molecule has 0 aliphatic heterocycles. The maximum Gasteiger partial charge on any atom is 0.241 e. The van der Waals surface area contributed by atoms with Crippen LogP contribution in [0.2, 0.25) is 0 Å². The molecule has 122 valence electrons. The summed E-state index contributed by atoms with van der Waals surface area (Å²) in [5, 5.41) is 7.71. The zero-order chi connectivity index (χ0) is 16.1. The van der Waals surface area contributed by atoms with E-state index >= 15 is 0 Å². The number of fused-ring (bicyclic) bond motifs is 1. The molecule has 1 aliphatic rings. The summed E-state index contributed by atoms with van der Waals surface area (Å²) < 4.78 is 1.81. The van der Waals surface area contributed by atoms with Gasteiger partial charge in [-0.3, -0.25) is 9.48 Å². The first kappa shape index (κ1) is 15.8. The van der Waals surface area contributed by atoms with Gasteiger partial charge in [-0.15, -0.1) is 0 Å². The Bertz CT molecular complexity index is 624. The molecule has 1 aliphatic carbocycles. The van der Waals surface area contributed by atoms with E-state index in [4.69, 9.17) is 0 Å². The molecule has 1 N–H and O–H groups in total. The van der Waals surface area contributed by atoms with Crippen molar-refractivity contribution in [1.82, 2.24) is 15.1 Å². The van der Waals surface area contributed by atoms with Gasteiger partial charge in [0.1, 0.15) is 6.54 Å². The Hall–Kier alpha value is -2.10. The van der Waals surface area contributed by atoms with Gasteiger partial charge >= 0.3 is 0 Å². The molecular formula is C19H25N3O. The molecule has 3 rings (SSSR count). The fourth-order valence-corrected chi connectivity index (χ4v) is 3.23. The van der Waals surface area contributed by atoms with Gasteiger partial charge in [0.05, 0.1) is 5.69 Å². The van der Waals surface area contributed by atoms with E-state index in [1.165, 1.54) is 29.7 Å². The zero-order valence-electron chi connectivity index (χ0n) is 13.8. The van der Waals surface area contributed by atoms with Crippen LogP contribution in [0.3, 0.4) is 0 Å². The number of aryl methyl sites for hydroxylation is 2. The highest BCUT2D eigenvalue weighted by Gasteiger charge is 2.16. The van der Waals surface area contributed by atoms with Crippen molar-refractivity contribution in [1.29, 1.82) is 0 Å². The summed E-state index contributed by atoms with van der Waals surface area (Å²) in [7, 11) is 0. The lowest BCUT2D eigenvalue weighted by Crippen LogP contribution is -2.38. The first-order valence-corrected chi connectivity index (χ1v) is 8.63. The highest BCUT2D eigenvalue weighted by atomic mass is 16.2. The fraction of sp³-hybridized carbons (Fsp3) is 0.474. The van der Waals surface area contributed by atoms with E-state index in [1.807, 2.05) is 24.4 Å². The van der Waals surface area contributed by atoms with E-state index in [2.05, 4.69) is 29.5 Å². The number of rotatable bonds is 6. The van der Waals surface area contributed by atoms with Crippen LogP contribution in [-0.4, -0.2) is 21.7 Å². The van der Waals surface area contributed by atoms with Crippen LogP contribution in [0.1, 0.15) is 43.0 Å². The highest BCUT2D eigenvalue weighted by Crippen LogP contribution is 2.19. The normalized spacial score (nSPS) is 15.0. The average Bonchev–Trinajstić information content (AvgIpc) is 2.97. The van der Waals surface area contributed by atoms with E-state index < -0.39 is 0 Å². The fourth-order valence-electron chi connectivity index (χ4n) is 3.23. The van der Waals surface area contributed by atoms with Crippen LogP contribution >= 0.6 is 0 Å². The third kappa shape index (κ3) is 4.21. The van der Waals surface area contributed by atoms with Crippen molar-refractivity contribution in [3.63, 3.8) is 0 Å². The number of benzene rings is 1. The Morgan fingerprint density at radius 3 is 2.78 bits per heavy atom. The molecule has 4 nitrogen and oxygen atoms in total. The lowest BCUT2D eigenvalue weighted by atomic mass is 9.99. The lowest BCUT2D eigenvalue weighted by molar-refractivity contribution is -0.122. The monoisotopic (exact) mass is 311 g/mol. The Balaban J connectivity index is 1.56. The standard InChI is InChI=1S/C19H25N3O/c1-2-17(12-15-8-4-3-5-9-15)20-19(23)14-22-13-16-10-6-7-11-18(16)21-22/h3-5,8-9,13,17H,2,6-7,10-12,14H2,1H3,(H,20,23)/t17-/m0/s1. The first-order valence-electron chi connectivity index (χ1n) is 8.63. The van der Waals surface area contributed by atoms with Gasteiger partial charge in [-0.1, -0.05) is 37.3 Å². The molecule has 1 heterocycles. The van der Waals surface area contributed by atoms with Crippen LogP contribution in [0, 0.1) is 0 Å². The second-order valence-electron chi connectivity index (χ2n) is 6.37. The van der Waals surface area contributed by atoms with E-state index in [0.717, 1.165) is 25.7 Å². The Morgan fingerprint density at radius 1 is 1.26 bits per heavy atom. The molecule has 0 spiro atoms. The highest BCUT2D eigenvalue weighted by molar-refractivity contribution is 5.76. The number of aromatic nitrogens is 2. The predicted octanol–water partition coefficient (Wildman–Crippen LogP) is 2.90. The van der Waals surface area contributed by atoms with Gasteiger partial charge in [-0.05, 0) is 49.7 Å². The number of hydrogen-bond donors (Lipinski definition) is 1. The van der Waals surface area contributed by atoms with Crippen molar-refractivity contribution < 1.29 is 4.79 Å².